The number of hydrogen-bond acceptors (Lipinski definition) is 4. The second-order valence-electron chi connectivity index (χ2n) is 4.58. The molecule has 0 spiro atoms. The van der Waals surface area contributed by atoms with Crippen molar-refractivity contribution < 1.29 is 4.74 Å². The van der Waals surface area contributed by atoms with E-state index in [-0.39, 0.29) is 12.1 Å². The van der Waals surface area contributed by atoms with Crippen molar-refractivity contribution in [1.82, 2.24) is 4.90 Å². The standard InChI is InChI=1S/C12H19BrN2OS/c1-8(14)10-7-15(5-6-16-10)9(2)11-3-4-12(13)17-11/h3-4,8-10H,5-7,14H2,1-2H3. The molecular weight excluding hydrogens is 300 g/mol. The number of morpholine rings is 1. The highest BCUT2D eigenvalue weighted by atomic mass is 79.9. The van der Waals surface area contributed by atoms with Crippen LogP contribution < -0.4 is 5.73 Å². The highest BCUT2D eigenvalue weighted by Crippen LogP contribution is 2.31. The highest BCUT2D eigenvalue weighted by Gasteiger charge is 2.27. The van der Waals surface area contributed by atoms with Gasteiger partial charge in [0.25, 0.3) is 0 Å². The molecule has 0 saturated carbocycles. The maximum Gasteiger partial charge on any atom is 0.0850 e. The molecule has 1 fully saturated rings. The van der Waals surface area contributed by atoms with E-state index < -0.39 is 0 Å². The third-order valence-electron chi connectivity index (χ3n) is 3.26. The molecule has 1 aromatic rings. The van der Waals surface area contributed by atoms with Gasteiger partial charge in [-0.1, -0.05) is 0 Å². The molecule has 0 amide bonds. The molecule has 0 radical (unpaired) electrons. The summed E-state index contributed by atoms with van der Waals surface area (Å²) in [5.41, 5.74) is 5.92. The van der Waals surface area contributed by atoms with E-state index >= 15 is 0 Å². The summed E-state index contributed by atoms with van der Waals surface area (Å²) in [6.45, 7) is 6.96. The predicted octanol–water partition coefficient (Wildman–Crippen LogP) is 2.62. The molecule has 96 valence electrons. The summed E-state index contributed by atoms with van der Waals surface area (Å²) >= 11 is 5.32. The van der Waals surface area contributed by atoms with Crippen LogP contribution in [0.4, 0.5) is 0 Å². The average molecular weight is 319 g/mol. The average Bonchev–Trinajstić information content (AvgIpc) is 2.75. The first-order chi connectivity index (χ1) is 8.08. The van der Waals surface area contributed by atoms with Crippen LogP contribution in [0.5, 0.6) is 0 Å². The molecule has 1 aliphatic rings. The van der Waals surface area contributed by atoms with E-state index in [1.165, 1.54) is 8.66 Å². The van der Waals surface area contributed by atoms with Crippen molar-refractivity contribution in [1.29, 1.82) is 0 Å². The molecule has 3 unspecified atom stereocenters. The molecule has 2 rings (SSSR count). The Kier molecular flexibility index (Phi) is 4.60. The largest absolute Gasteiger partial charge is 0.374 e. The van der Waals surface area contributed by atoms with Gasteiger partial charge in [0, 0.05) is 30.1 Å². The molecule has 1 aromatic heterocycles. The lowest BCUT2D eigenvalue weighted by atomic mass is 10.1. The number of thiophene rings is 1. The number of hydrogen-bond donors (Lipinski definition) is 1. The first kappa shape index (κ1) is 13.5. The van der Waals surface area contributed by atoms with E-state index in [9.17, 15) is 0 Å². The highest BCUT2D eigenvalue weighted by molar-refractivity contribution is 9.11. The predicted molar refractivity (Wildman–Crippen MR) is 75.4 cm³/mol. The van der Waals surface area contributed by atoms with Crippen molar-refractivity contribution in [2.75, 3.05) is 19.7 Å². The number of ether oxygens (including phenoxy) is 1. The second-order valence-corrected chi connectivity index (χ2v) is 7.08. The van der Waals surface area contributed by atoms with Gasteiger partial charge in [0.05, 0.1) is 16.5 Å². The minimum Gasteiger partial charge on any atom is -0.374 e. The molecule has 0 aliphatic carbocycles. The Morgan fingerprint density at radius 2 is 2.29 bits per heavy atom. The summed E-state index contributed by atoms with van der Waals surface area (Å²) in [7, 11) is 0. The van der Waals surface area contributed by atoms with Crippen LogP contribution in [-0.2, 0) is 4.74 Å². The molecule has 0 bridgehead atoms. The minimum absolute atomic E-state index is 0.0973. The first-order valence-corrected chi connectivity index (χ1v) is 7.55. The van der Waals surface area contributed by atoms with E-state index in [4.69, 9.17) is 10.5 Å². The van der Waals surface area contributed by atoms with Crippen LogP contribution in [-0.4, -0.2) is 36.7 Å². The number of nitrogens with zero attached hydrogens (tertiary/aromatic N) is 1. The number of nitrogens with two attached hydrogens (primary N) is 1. The fraction of sp³-hybridized carbons (Fsp3) is 0.667. The number of rotatable bonds is 3. The molecular formula is C12H19BrN2OS. The van der Waals surface area contributed by atoms with Crippen LogP contribution in [0.25, 0.3) is 0 Å². The Bertz CT molecular complexity index is 369. The minimum atomic E-state index is 0.0973. The van der Waals surface area contributed by atoms with Crippen molar-refractivity contribution >= 4 is 27.3 Å². The Balaban J connectivity index is 2.02. The Labute approximate surface area is 115 Å². The van der Waals surface area contributed by atoms with Gasteiger partial charge in [0.2, 0.25) is 0 Å². The van der Waals surface area contributed by atoms with Crippen LogP contribution in [0.15, 0.2) is 15.9 Å². The molecule has 2 N–H and O–H groups in total. The summed E-state index contributed by atoms with van der Waals surface area (Å²) in [6, 6.07) is 4.84. The maximum atomic E-state index is 5.92. The van der Waals surface area contributed by atoms with Gasteiger partial charge in [-0.05, 0) is 41.9 Å². The van der Waals surface area contributed by atoms with Gasteiger partial charge < -0.3 is 10.5 Å². The molecule has 1 aliphatic heterocycles. The third kappa shape index (κ3) is 3.29. The SMILES string of the molecule is CC(N)C1CN(C(C)c2ccc(Br)s2)CCO1. The molecule has 5 heteroatoms. The van der Waals surface area contributed by atoms with E-state index in [1.54, 1.807) is 11.3 Å². The molecule has 3 atom stereocenters. The van der Waals surface area contributed by atoms with Gasteiger partial charge in [-0.25, -0.2) is 0 Å². The summed E-state index contributed by atoms with van der Waals surface area (Å²) < 4.78 is 6.88. The molecule has 3 nitrogen and oxygen atoms in total. The van der Waals surface area contributed by atoms with Gasteiger partial charge in [-0.2, -0.15) is 0 Å². The monoisotopic (exact) mass is 318 g/mol. The first-order valence-electron chi connectivity index (χ1n) is 5.94. The van der Waals surface area contributed by atoms with E-state index in [0.29, 0.717) is 6.04 Å². The fourth-order valence-electron chi connectivity index (χ4n) is 2.10. The number of halogens is 1. The van der Waals surface area contributed by atoms with Gasteiger partial charge in [-0.15, -0.1) is 11.3 Å². The van der Waals surface area contributed by atoms with Gasteiger partial charge in [0.1, 0.15) is 0 Å². The topological polar surface area (TPSA) is 38.5 Å². The van der Waals surface area contributed by atoms with Crippen LogP contribution in [0, 0.1) is 0 Å². The lowest BCUT2D eigenvalue weighted by Gasteiger charge is -2.37. The van der Waals surface area contributed by atoms with Crippen molar-refractivity contribution in [3.05, 3.63) is 20.8 Å². The molecule has 17 heavy (non-hydrogen) atoms. The Morgan fingerprint density at radius 1 is 1.53 bits per heavy atom. The van der Waals surface area contributed by atoms with Gasteiger partial charge >= 0.3 is 0 Å². The van der Waals surface area contributed by atoms with E-state index in [2.05, 4.69) is 39.9 Å². The zero-order chi connectivity index (χ0) is 12.4. The zero-order valence-corrected chi connectivity index (χ0v) is 12.6. The maximum absolute atomic E-state index is 5.92. The van der Waals surface area contributed by atoms with Gasteiger partial charge in [0.15, 0.2) is 0 Å². The van der Waals surface area contributed by atoms with Crippen LogP contribution in [0.3, 0.4) is 0 Å². The summed E-state index contributed by atoms with van der Waals surface area (Å²) in [5, 5.41) is 0. The quantitative estimate of drug-likeness (QED) is 0.931. The van der Waals surface area contributed by atoms with Crippen LogP contribution in [0.1, 0.15) is 24.8 Å². The summed E-state index contributed by atoms with van der Waals surface area (Å²) in [6.07, 6.45) is 0.162. The Hall–Kier alpha value is 0.0600. The zero-order valence-electron chi connectivity index (χ0n) is 10.2. The molecule has 2 heterocycles. The van der Waals surface area contributed by atoms with E-state index in [1.807, 2.05) is 6.92 Å². The lowest BCUT2D eigenvalue weighted by molar-refractivity contribution is -0.0494. The van der Waals surface area contributed by atoms with E-state index in [0.717, 1.165) is 19.7 Å². The second kappa shape index (κ2) is 5.80. The third-order valence-corrected chi connectivity index (χ3v) is 5.06. The summed E-state index contributed by atoms with van der Waals surface area (Å²) in [5.74, 6) is 0. The fourth-order valence-corrected chi connectivity index (χ4v) is 3.61. The van der Waals surface area contributed by atoms with Gasteiger partial charge in [-0.3, -0.25) is 4.90 Å². The lowest BCUT2D eigenvalue weighted by Crippen LogP contribution is -2.50. The van der Waals surface area contributed by atoms with Crippen molar-refractivity contribution in [2.24, 2.45) is 5.73 Å². The molecule has 1 saturated heterocycles. The Morgan fingerprint density at radius 3 is 2.88 bits per heavy atom. The molecule has 0 aromatic carbocycles. The smallest absolute Gasteiger partial charge is 0.0850 e. The van der Waals surface area contributed by atoms with Crippen LogP contribution in [0.2, 0.25) is 0 Å². The normalized spacial score (nSPS) is 25.8. The summed E-state index contributed by atoms with van der Waals surface area (Å²) in [4.78, 5) is 3.85. The van der Waals surface area contributed by atoms with Crippen molar-refractivity contribution in [3.8, 4) is 0 Å². The van der Waals surface area contributed by atoms with Crippen molar-refractivity contribution in [2.45, 2.75) is 32.0 Å². The van der Waals surface area contributed by atoms with Crippen LogP contribution >= 0.6 is 27.3 Å². The van der Waals surface area contributed by atoms with Crippen molar-refractivity contribution in [3.63, 3.8) is 0 Å².